The van der Waals surface area contributed by atoms with E-state index >= 15 is 0 Å². The van der Waals surface area contributed by atoms with Crippen LogP contribution in [0.5, 0.6) is 0 Å². The first kappa shape index (κ1) is 13.0. The standard InChI is InChI=1S/C12H15N3OS2/c1-7(9-5-4-6-17-9)14-11(16)10-8(2)15-18-12(10)13-3/h4-7,13H,1-3H3,(H,14,16). The molecule has 2 rings (SSSR count). The van der Waals surface area contributed by atoms with Crippen molar-refractivity contribution in [3.05, 3.63) is 33.6 Å². The summed E-state index contributed by atoms with van der Waals surface area (Å²) in [5, 5.41) is 8.82. The lowest BCUT2D eigenvalue weighted by molar-refractivity contribution is 0.0941. The molecule has 0 saturated carbocycles. The van der Waals surface area contributed by atoms with Crippen molar-refractivity contribution in [1.82, 2.24) is 9.69 Å². The SMILES string of the molecule is CNc1snc(C)c1C(=O)NC(C)c1cccs1. The van der Waals surface area contributed by atoms with Crippen molar-refractivity contribution in [3.63, 3.8) is 0 Å². The number of amides is 1. The molecule has 0 bridgehead atoms. The van der Waals surface area contributed by atoms with Gasteiger partial charge >= 0.3 is 0 Å². The summed E-state index contributed by atoms with van der Waals surface area (Å²) in [6.45, 7) is 3.83. The first-order valence-corrected chi connectivity index (χ1v) is 7.27. The van der Waals surface area contributed by atoms with Gasteiger partial charge in [-0.1, -0.05) is 6.07 Å². The van der Waals surface area contributed by atoms with Crippen molar-refractivity contribution >= 4 is 33.8 Å². The summed E-state index contributed by atoms with van der Waals surface area (Å²) in [5.74, 6) is -0.0773. The molecule has 2 aromatic heterocycles. The Morgan fingerprint density at radius 2 is 2.28 bits per heavy atom. The number of aryl methyl sites for hydroxylation is 1. The third kappa shape index (κ3) is 2.54. The average Bonchev–Trinajstić information content (AvgIpc) is 2.97. The highest BCUT2D eigenvalue weighted by atomic mass is 32.1. The molecular formula is C12H15N3OS2. The fraction of sp³-hybridized carbons (Fsp3) is 0.333. The van der Waals surface area contributed by atoms with Gasteiger partial charge in [0.15, 0.2) is 0 Å². The quantitative estimate of drug-likeness (QED) is 0.905. The number of rotatable bonds is 4. The molecule has 0 spiro atoms. The highest BCUT2D eigenvalue weighted by molar-refractivity contribution is 7.10. The molecule has 0 radical (unpaired) electrons. The molecule has 1 atom stereocenters. The zero-order chi connectivity index (χ0) is 13.1. The Morgan fingerprint density at radius 1 is 1.50 bits per heavy atom. The van der Waals surface area contributed by atoms with E-state index in [-0.39, 0.29) is 11.9 Å². The second-order valence-corrected chi connectivity index (χ2v) is 5.69. The van der Waals surface area contributed by atoms with Crippen LogP contribution in [-0.4, -0.2) is 17.3 Å². The van der Waals surface area contributed by atoms with Crippen LogP contribution in [0.4, 0.5) is 5.00 Å². The van der Waals surface area contributed by atoms with Gasteiger partial charge in [-0.05, 0) is 36.8 Å². The highest BCUT2D eigenvalue weighted by Gasteiger charge is 2.19. The van der Waals surface area contributed by atoms with E-state index in [1.54, 1.807) is 18.4 Å². The summed E-state index contributed by atoms with van der Waals surface area (Å²) in [6.07, 6.45) is 0. The van der Waals surface area contributed by atoms with E-state index in [1.165, 1.54) is 11.5 Å². The van der Waals surface area contributed by atoms with Crippen LogP contribution in [0.25, 0.3) is 0 Å². The fourth-order valence-corrected chi connectivity index (χ4v) is 3.16. The molecule has 0 saturated heterocycles. The van der Waals surface area contributed by atoms with Crippen LogP contribution in [0.15, 0.2) is 17.5 Å². The Morgan fingerprint density at radius 3 is 2.89 bits per heavy atom. The van der Waals surface area contributed by atoms with Gasteiger partial charge in [0.25, 0.3) is 5.91 Å². The van der Waals surface area contributed by atoms with Crippen molar-refractivity contribution < 1.29 is 4.79 Å². The molecule has 2 aromatic rings. The van der Waals surface area contributed by atoms with E-state index < -0.39 is 0 Å². The van der Waals surface area contributed by atoms with Crippen LogP contribution in [0.2, 0.25) is 0 Å². The van der Waals surface area contributed by atoms with Crippen molar-refractivity contribution in [2.24, 2.45) is 0 Å². The molecule has 0 aliphatic heterocycles. The molecule has 0 aromatic carbocycles. The summed E-state index contributed by atoms with van der Waals surface area (Å²) in [6, 6.07) is 4.02. The summed E-state index contributed by atoms with van der Waals surface area (Å²) in [7, 11) is 1.80. The molecule has 2 heterocycles. The molecule has 0 aliphatic rings. The highest BCUT2D eigenvalue weighted by Crippen LogP contribution is 2.25. The average molecular weight is 281 g/mol. The molecule has 1 amide bonds. The number of aromatic nitrogens is 1. The molecule has 0 fully saturated rings. The third-order valence-corrected chi connectivity index (χ3v) is 4.65. The lowest BCUT2D eigenvalue weighted by atomic mass is 10.2. The van der Waals surface area contributed by atoms with Gasteiger partial charge in [0.05, 0.1) is 17.3 Å². The Hall–Kier alpha value is -1.40. The van der Waals surface area contributed by atoms with E-state index in [9.17, 15) is 4.79 Å². The van der Waals surface area contributed by atoms with Crippen LogP contribution in [-0.2, 0) is 0 Å². The number of carbonyl (C=O) groups excluding carboxylic acids is 1. The van der Waals surface area contributed by atoms with E-state index in [0.717, 1.165) is 15.6 Å². The van der Waals surface area contributed by atoms with Gasteiger partial charge < -0.3 is 10.6 Å². The lowest BCUT2D eigenvalue weighted by Gasteiger charge is -2.12. The minimum Gasteiger partial charge on any atom is -0.378 e. The molecule has 6 heteroatoms. The topological polar surface area (TPSA) is 54.0 Å². The minimum atomic E-state index is -0.0773. The minimum absolute atomic E-state index is 0.0153. The zero-order valence-corrected chi connectivity index (χ0v) is 12.1. The fourth-order valence-electron chi connectivity index (χ4n) is 1.69. The van der Waals surface area contributed by atoms with Crippen molar-refractivity contribution in [3.8, 4) is 0 Å². The third-order valence-electron chi connectivity index (χ3n) is 2.63. The number of hydrogen-bond donors (Lipinski definition) is 2. The van der Waals surface area contributed by atoms with E-state index in [4.69, 9.17) is 0 Å². The first-order valence-electron chi connectivity index (χ1n) is 5.61. The number of anilines is 1. The van der Waals surface area contributed by atoms with Crippen LogP contribution < -0.4 is 10.6 Å². The second kappa shape index (κ2) is 5.49. The maximum atomic E-state index is 12.2. The maximum absolute atomic E-state index is 12.2. The predicted molar refractivity (Wildman–Crippen MR) is 76.6 cm³/mol. The van der Waals surface area contributed by atoms with Crippen LogP contribution in [0.1, 0.15) is 33.9 Å². The van der Waals surface area contributed by atoms with Gasteiger partial charge in [0, 0.05) is 11.9 Å². The van der Waals surface area contributed by atoms with Crippen molar-refractivity contribution in [2.75, 3.05) is 12.4 Å². The summed E-state index contributed by atoms with van der Waals surface area (Å²) in [4.78, 5) is 13.4. The number of nitrogens with zero attached hydrogens (tertiary/aromatic N) is 1. The summed E-state index contributed by atoms with van der Waals surface area (Å²) < 4.78 is 4.20. The molecule has 0 aliphatic carbocycles. The van der Waals surface area contributed by atoms with Crippen LogP contribution in [0, 0.1) is 6.92 Å². The molecular weight excluding hydrogens is 266 g/mol. The normalized spacial score (nSPS) is 12.2. The van der Waals surface area contributed by atoms with Crippen LogP contribution >= 0.6 is 22.9 Å². The summed E-state index contributed by atoms with van der Waals surface area (Å²) >= 11 is 2.95. The van der Waals surface area contributed by atoms with Crippen molar-refractivity contribution in [1.29, 1.82) is 0 Å². The zero-order valence-electron chi connectivity index (χ0n) is 10.5. The Labute approximate surface area is 114 Å². The second-order valence-electron chi connectivity index (χ2n) is 3.93. The molecule has 2 N–H and O–H groups in total. The van der Waals surface area contributed by atoms with E-state index in [0.29, 0.717) is 5.56 Å². The van der Waals surface area contributed by atoms with Crippen LogP contribution in [0.3, 0.4) is 0 Å². The van der Waals surface area contributed by atoms with E-state index in [2.05, 4.69) is 15.0 Å². The number of nitrogens with one attached hydrogen (secondary N) is 2. The predicted octanol–water partition coefficient (Wildman–Crippen LogP) is 3.05. The lowest BCUT2D eigenvalue weighted by Crippen LogP contribution is -2.26. The Kier molecular flexibility index (Phi) is 3.98. The molecule has 96 valence electrons. The van der Waals surface area contributed by atoms with Gasteiger partial charge in [-0.2, -0.15) is 4.37 Å². The van der Waals surface area contributed by atoms with Gasteiger partial charge in [-0.25, -0.2) is 0 Å². The summed E-state index contributed by atoms with van der Waals surface area (Å²) in [5.41, 5.74) is 1.41. The van der Waals surface area contributed by atoms with Gasteiger partial charge in [-0.3, -0.25) is 4.79 Å². The smallest absolute Gasteiger partial charge is 0.256 e. The van der Waals surface area contributed by atoms with Gasteiger partial charge in [0.2, 0.25) is 0 Å². The number of hydrogen-bond acceptors (Lipinski definition) is 5. The first-order chi connectivity index (χ1) is 8.63. The number of carbonyl (C=O) groups is 1. The monoisotopic (exact) mass is 281 g/mol. The largest absolute Gasteiger partial charge is 0.378 e. The molecule has 18 heavy (non-hydrogen) atoms. The maximum Gasteiger partial charge on any atom is 0.256 e. The van der Waals surface area contributed by atoms with Crippen molar-refractivity contribution in [2.45, 2.75) is 19.9 Å². The Bertz CT molecular complexity index is 534. The van der Waals surface area contributed by atoms with Gasteiger partial charge in [-0.15, -0.1) is 11.3 Å². The molecule has 4 nitrogen and oxygen atoms in total. The number of thiophene rings is 1. The van der Waals surface area contributed by atoms with Gasteiger partial charge in [0.1, 0.15) is 5.00 Å². The molecule has 1 unspecified atom stereocenters. The Balaban J connectivity index is 2.15. The van der Waals surface area contributed by atoms with E-state index in [1.807, 2.05) is 31.4 Å².